The number of nitrogens with one attached hydrogen (secondary N) is 2. The minimum atomic E-state index is -3.75. The molecule has 0 heterocycles. The van der Waals surface area contributed by atoms with Gasteiger partial charge < -0.3 is 11.1 Å². The van der Waals surface area contributed by atoms with Gasteiger partial charge in [0.2, 0.25) is 21.8 Å². The smallest absolute Gasteiger partial charge is 0.244 e. The van der Waals surface area contributed by atoms with Crippen LogP contribution in [0.1, 0.15) is 34.7 Å². The van der Waals surface area contributed by atoms with Crippen molar-refractivity contribution in [3.05, 3.63) is 64.7 Å². The molecule has 1 unspecified atom stereocenters. The summed E-state index contributed by atoms with van der Waals surface area (Å²) < 4.78 is 27.6. The number of benzene rings is 2. The molecule has 2 aromatic carbocycles. The lowest BCUT2D eigenvalue weighted by Gasteiger charge is -2.16. The summed E-state index contributed by atoms with van der Waals surface area (Å²) in [5.74, 6) is -1.17. The summed E-state index contributed by atoms with van der Waals surface area (Å²) in [6, 6.07) is 11.2. The zero-order valence-corrected chi connectivity index (χ0v) is 17.0. The van der Waals surface area contributed by atoms with Crippen molar-refractivity contribution in [2.45, 2.75) is 38.1 Å². The molecule has 0 aliphatic rings. The van der Waals surface area contributed by atoms with Gasteiger partial charge in [0.1, 0.15) is 6.04 Å². The van der Waals surface area contributed by atoms with E-state index in [1.54, 1.807) is 56.3 Å². The Morgan fingerprint density at radius 3 is 2.14 bits per heavy atom. The number of primary amides is 1. The Kier molecular flexibility index (Phi) is 6.93. The van der Waals surface area contributed by atoms with E-state index in [0.29, 0.717) is 16.7 Å². The highest BCUT2D eigenvalue weighted by molar-refractivity contribution is 7.89. The van der Waals surface area contributed by atoms with E-state index in [0.717, 1.165) is 5.56 Å². The fraction of sp³-hybridized carbons (Fsp3) is 0.300. The third-order valence-corrected chi connectivity index (χ3v) is 6.01. The van der Waals surface area contributed by atoms with Crippen LogP contribution in [-0.4, -0.2) is 26.8 Å². The molecule has 0 aliphatic heterocycles. The van der Waals surface area contributed by atoms with Crippen molar-refractivity contribution < 1.29 is 18.0 Å². The van der Waals surface area contributed by atoms with Crippen LogP contribution in [0.3, 0.4) is 0 Å². The second-order valence-corrected chi connectivity index (χ2v) is 8.39. The van der Waals surface area contributed by atoms with Crippen LogP contribution in [0.2, 0.25) is 0 Å². The third kappa shape index (κ3) is 5.40. The summed E-state index contributed by atoms with van der Waals surface area (Å²) in [5.41, 5.74) is 8.21. The summed E-state index contributed by atoms with van der Waals surface area (Å²) in [7, 11) is -3.75. The first-order valence-corrected chi connectivity index (χ1v) is 10.3. The maximum absolute atomic E-state index is 12.6. The molecule has 2 rings (SSSR count). The number of aryl methyl sites for hydroxylation is 3. The molecule has 8 heteroatoms. The summed E-state index contributed by atoms with van der Waals surface area (Å²) in [6.07, 6.45) is -0.125. The molecule has 2 amide bonds. The van der Waals surface area contributed by atoms with Gasteiger partial charge in [-0.1, -0.05) is 48.0 Å². The normalized spacial score (nSPS) is 12.4. The monoisotopic (exact) mass is 403 g/mol. The van der Waals surface area contributed by atoms with E-state index in [-0.39, 0.29) is 17.9 Å². The second kappa shape index (κ2) is 8.99. The van der Waals surface area contributed by atoms with Crippen LogP contribution in [0.4, 0.5) is 0 Å². The Hall–Kier alpha value is -2.71. The highest BCUT2D eigenvalue weighted by Gasteiger charge is 2.22. The standard InChI is InChI=1S/C20H25N3O4S/c1-13-11-14(2)19(15(3)12-13)28(26,27)22-10-9-17(24)23-18(20(21)25)16-7-5-4-6-8-16/h4-8,11-12,18,22H,9-10H2,1-3H3,(H2,21,25)(H,23,24). The van der Waals surface area contributed by atoms with Crippen LogP contribution in [0, 0.1) is 20.8 Å². The number of sulfonamides is 1. The van der Waals surface area contributed by atoms with E-state index in [2.05, 4.69) is 10.0 Å². The molecule has 0 aromatic heterocycles. The predicted octanol–water partition coefficient (Wildman–Crippen LogP) is 1.62. The fourth-order valence-electron chi connectivity index (χ4n) is 3.16. The minimum absolute atomic E-state index is 0.0960. The average molecular weight is 404 g/mol. The Morgan fingerprint density at radius 2 is 1.61 bits per heavy atom. The van der Waals surface area contributed by atoms with Gasteiger partial charge in [0.25, 0.3) is 0 Å². The molecule has 0 fully saturated rings. The predicted molar refractivity (Wildman–Crippen MR) is 107 cm³/mol. The van der Waals surface area contributed by atoms with Gasteiger partial charge in [-0.2, -0.15) is 0 Å². The van der Waals surface area contributed by atoms with Gasteiger partial charge in [-0.3, -0.25) is 9.59 Å². The first-order chi connectivity index (χ1) is 13.1. The van der Waals surface area contributed by atoms with Crippen molar-refractivity contribution in [2.24, 2.45) is 5.73 Å². The van der Waals surface area contributed by atoms with Crippen molar-refractivity contribution in [1.29, 1.82) is 0 Å². The van der Waals surface area contributed by atoms with Gasteiger partial charge in [0, 0.05) is 13.0 Å². The first-order valence-electron chi connectivity index (χ1n) is 8.83. The summed E-state index contributed by atoms with van der Waals surface area (Å²) in [5, 5.41) is 2.54. The van der Waals surface area contributed by atoms with E-state index >= 15 is 0 Å². The quantitative estimate of drug-likeness (QED) is 0.621. The van der Waals surface area contributed by atoms with E-state index in [1.165, 1.54) is 0 Å². The number of nitrogens with two attached hydrogens (primary N) is 1. The molecule has 0 saturated carbocycles. The lowest BCUT2D eigenvalue weighted by Crippen LogP contribution is -2.39. The highest BCUT2D eigenvalue weighted by atomic mass is 32.2. The van der Waals surface area contributed by atoms with Crippen LogP contribution in [0.25, 0.3) is 0 Å². The van der Waals surface area contributed by atoms with Gasteiger partial charge in [-0.15, -0.1) is 0 Å². The van der Waals surface area contributed by atoms with Gasteiger partial charge in [-0.25, -0.2) is 13.1 Å². The SMILES string of the molecule is Cc1cc(C)c(S(=O)(=O)NCCC(=O)NC(C(N)=O)c2ccccc2)c(C)c1. The summed E-state index contributed by atoms with van der Waals surface area (Å²) >= 11 is 0. The molecule has 7 nitrogen and oxygen atoms in total. The number of hydrogen-bond acceptors (Lipinski definition) is 4. The number of rotatable bonds is 8. The molecule has 28 heavy (non-hydrogen) atoms. The van der Waals surface area contributed by atoms with Crippen LogP contribution in [-0.2, 0) is 19.6 Å². The molecule has 0 radical (unpaired) electrons. The van der Waals surface area contributed by atoms with Gasteiger partial charge in [0.05, 0.1) is 4.90 Å². The van der Waals surface area contributed by atoms with E-state index < -0.39 is 27.9 Å². The average Bonchev–Trinajstić information content (AvgIpc) is 2.58. The summed E-state index contributed by atoms with van der Waals surface area (Å²) in [4.78, 5) is 24.1. The topological polar surface area (TPSA) is 118 Å². The van der Waals surface area contributed by atoms with Crippen LogP contribution >= 0.6 is 0 Å². The van der Waals surface area contributed by atoms with Crippen molar-refractivity contribution in [1.82, 2.24) is 10.0 Å². The van der Waals surface area contributed by atoms with Crippen LogP contribution < -0.4 is 15.8 Å². The van der Waals surface area contributed by atoms with Gasteiger partial charge in [0.15, 0.2) is 0 Å². The van der Waals surface area contributed by atoms with Crippen molar-refractivity contribution in [2.75, 3.05) is 6.54 Å². The first kappa shape index (κ1) is 21.6. The summed E-state index contributed by atoms with van der Waals surface area (Å²) in [6.45, 7) is 5.27. The third-order valence-electron chi connectivity index (χ3n) is 4.24. The molecule has 2 aromatic rings. The molecular formula is C20H25N3O4S. The van der Waals surface area contributed by atoms with Crippen molar-refractivity contribution >= 4 is 21.8 Å². The van der Waals surface area contributed by atoms with Gasteiger partial charge >= 0.3 is 0 Å². The van der Waals surface area contributed by atoms with E-state index in [1.807, 2.05) is 6.92 Å². The number of carbonyl (C=O) groups is 2. The molecule has 0 aliphatic carbocycles. The fourth-order valence-corrected chi connectivity index (χ4v) is 4.64. The molecule has 4 N–H and O–H groups in total. The second-order valence-electron chi connectivity index (χ2n) is 6.69. The molecule has 1 atom stereocenters. The number of carbonyl (C=O) groups excluding carboxylic acids is 2. The molecule has 0 saturated heterocycles. The minimum Gasteiger partial charge on any atom is -0.368 e. The Bertz CT molecular complexity index is 949. The number of amides is 2. The largest absolute Gasteiger partial charge is 0.368 e. The molecule has 0 bridgehead atoms. The zero-order valence-electron chi connectivity index (χ0n) is 16.2. The van der Waals surface area contributed by atoms with Gasteiger partial charge in [-0.05, 0) is 37.5 Å². The maximum atomic E-state index is 12.6. The maximum Gasteiger partial charge on any atom is 0.244 e. The van der Waals surface area contributed by atoms with E-state index in [4.69, 9.17) is 5.73 Å². The lowest BCUT2D eigenvalue weighted by molar-refractivity contribution is -0.127. The zero-order chi connectivity index (χ0) is 20.9. The Morgan fingerprint density at radius 1 is 1.04 bits per heavy atom. The lowest BCUT2D eigenvalue weighted by atomic mass is 10.1. The number of hydrogen-bond donors (Lipinski definition) is 3. The molecule has 0 spiro atoms. The Labute approximate surface area is 165 Å². The highest BCUT2D eigenvalue weighted by Crippen LogP contribution is 2.21. The molecule has 150 valence electrons. The van der Waals surface area contributed by atoms with Crippen molar-refractivity contribution in [3.8, 4) is 0 Å². The van der Waals surface area contributed by atoms with Crippen molar-refractivity contribution in [3.63, 3.8) is 0 Å². The van der Waals surface area contributed by atoms with Crippen LogP contribution in [0.5, 0.6) is 0 Å². The molecular weight excluding hydrogens is 378 g/mol. The van der Waals surface area contributed by atoms with Crippen LogP contribution in [0.15, 0.2) is 47.4 Å². The van der Waals surface area contributed by atoms with E-state index in [9.17, 15) is 18.0 Å². The Balaban J connectivity index is 2.00.